The zero-order valence-corrected chi connectivity index (χ0v) is 14.7. The highest BCUT2D eigenvalue weighted by Gasteiger charge is 2.37. The largest absolute Gasteiger partial charge is 0.477 e. The molecule has 3 N–H and O–H groups in total. The van der Waals surface area contributed by atoms with Crippen molar-refractivity contribution in [1.29, 1.82) is 0 Å². The van der Waals surface area contributed by atoms with Crippen LogP contribution in [0.2, 0.25) is 0 Å². The van der Waals surface area contributed by atoms with Crippen LogP contribution < -0.4 is 5.43 Å². The number of piperazine rings is 1. The van der Waals surface area contributed by atoms with Crippen LogP contribution in [0.3, 0.4) is 0 Å². The minimum absolute atomic E-state index is 0.0335. The highest BCUT2D eigenvalue weighted by atomic mass is 16.5. The molecule has 4 heterocycles. The van der Waals surface area contributed by atoms with E-state index in [0.717, 1.165) is 18.5 Å². The molecule has 0 atom stereocenters. The maximum Gasteiger partial charge on any atom is 0.345 e. The second-order valence-electron chi connectivity index (χ2n) is 6.49. The van der Waals surface area contributed by atoms with Gasteiger partial charge in [0.15, 0.2) is 11.3 Å². The molecule has 1 saturated heterocycles. The standard InChI is InChI=1S/C18H19N5O4/c1-22-5-7-23(8-6-22)21-17-14(18(25)26)15(24)13(27-17)9-11-10-20-16-12(11)3-2-4-19-16/h2-4,9-10,21H,5-8H2,1H3,(H,19,20)(H,25,26). The van der Waals surface area contributed by atoms with E-state index in [1.54, 1.807) is 18.5 Å². The van der Waals surface area contributed by atoms with Gasteiger partial charge in [0.1, 0.15) is 5.65 Å². The summed E-state index contributed by atoms with van der Waals surface area (Å²) in [5, 5.41) is 12.1. The number of rotatable bonds is 4. The van der Waals surface area contributed by atoms with Gasteiger partial charge in [-0.1, -0.05) is 0 Å². The van der Waals surface area contributed by atoms with Crippen molar-refractivity contribution in [3.05, 3.63) is 47.3 Å². The number of hydrogen-bond donors (Lipinski definition) is 3. The first-order chi connectivity index (χ1) is 13.0. The SMILES string of the molecule is CN1CCN(NC2=C(C(=O)O)C(=O)C(=Cc3c[nH]c4ncccc34)O2)CC1. The molecule has 9 heteroatoms. The molecule has 2 aliphatic heterocycles. The van der Waals surface area contributed by atoms with Gasteiger partial charge in [0.25, 0.3) is 0 Å². The van der Waals surface area contributed by atoms with Crippen LogP contribution in [0.4, 0.5) is 0 Å². The summed E-state index contributed by atoms with van der Waals surface area (Å²) in [5.41, 5.74) is 3.94. The van der Waals surface area contributed by atoms with Crippen molar-refractivity contribution in [2.24, 2.45) is 0 Å². The normalized spacial score (nSPS) is 20.5. The Bertz CT molecular complexity index is 969. The number of nitrogens with zero attached hydrogens (tertiary/aromatic N) is 3. The van der Waals surface area contributed by atoms with E-state index in [4.69, 9.17) is 4.74 Å². The summed E-state index contributed by atoms with van der Waals surface area (Å²) in [5.74, 6) is -2.05. The maximum absolute atomic E-state index is 12.6. The van der Waals surface area contributed by atoms with E-state index in [2.05, 4.69) is 20.3 Å². The number of ether oxygens (including phenoxy) is 1. The summed E-state index contributed by atoms with van der Waals surface area (Å²) in [6.07, 6.45) is 4.90. The molecule has 0 amide bonds. The van der Waals surface area contributed by atoms with Crippen molar-refractivity contribution >= 4 is 28.9 Å². The molecular formula is C18H19N5O4. The molecule has 2 aliphatic rings. The van der Waals surface area contributed by atoms with Crippen LogP contribution in [-0.4, -0.2) is 70.0 Å². The van der Waals surface area contributed by atoms with Crippen molar-refractivity contribution in [2.75, 3.05) is 33.2 Å². The van der Waals surface area contributed by atoms with E-state index in [0.29, 0.717) is 24.3 Å². The molecule has 0 radical (unpaired) electrons. The molecule has 27 heavy (non-hydrogen) atoms. The molecule has 4 rings (SSSR count). The van der Waals surface area contributed by atoms with Gasteiger partial charge in [-0.3, -0.25) is 10.2 Å². The van der Waals surface area contributed by atoms with Gasteiger partial charge >= 0.3 is 5.97 Å². The summed E-state index contributed by atoms with van der Waals surface area (Å²) in [6.45, 7) is 3.05. The Hall–Kier alpha value is -3.17. The Balaban J connectivity index is 1.60. The molecule has 2 aromatic rings. The quantitative estimate of drug-likeness (QED) is 0.529. The number of nitrogens with one attached hydrogen (secondary N) is 2. The molecule has 0 bridgehead atoms. The third kappa shape index (κ3) is 3.29. The third-order valence-electron chi connectivity index (χ3n) is 4.64. The number of pyridine rings is 1. The smallest absolute Gasteiger partial charge is 0.345 e. The number of hydrogen-bond acceptors (Lipinski definition) is 7. The number of fused-ring (bicyclic) bond motifs is 1. The first-order valence-corrected chi connectivity index (χ1v) is 8.57. The van der Waals surface area contributed by atoms with Gasteiger partial charge in [0.2, 0.25) is 11.7 Å². The number of H-pyrrole nitrogens is 1. The summed E-state index contributed by atoms with van der Waals surface area (Å²) >= 11 is 0. The molecule has 2 aromatic heterocycles. The molecule has 0 aliphatic carbocycles. The molecule has 140 valence electrons. The van der Waals surface area contributed by atoms with Gasteiger partial charge in [-0.2, -0.15) is 0 Å². The van der Waals surface area contributed by atoms with Gasteiger partial charge in [-0.25, -0.2) is 14.8 Å². The summed E-state index contributed by atoms with van der Waals surface area (Å²) < 4.78 is 5.61. The van der Waals surface area contributed by atoms with Gasteiger partial charge in [-0.15, -0.1) is 0 Å². The molecule has 0 aromatic carbocycles. The second-order valence-corrected chi connectivity index (χ2v) is 6.49. The lowest BCUT2D eigenvalue weighted by atomic mass is 10.1. The number of aliphatic carboxylic acids is 1. The predicted octanol–water partition coefficient (Wildman–Crippen LogP) is 0.551. The van der Waals surface area contributed by atoms with E-state index < -0.39 is 17.3 Å². The summed E-state index contributed by atoms with van der Waals surface area (Å²) in [4.78, 5) is 33.6. The topological polar surface area (TPSA) is 111 Å². The number of carboxylic acid groups (broad SMARTS) is 1. The first kappa shape index (κ1) is 17.3. The van der Waals surface area contributed by atoms with E-state index in [1.165, 1.54) is 6.08 Å². The highest BCUT2D eigenvalue weighted by molar-refractivity contribution is 6.26. The number of aromatic nitrogens is 2. The number of carbonyl (C=O) groups excluding carboxylic acids is 1. The van der Waals surface area contributed by atoms with E-state index >= 15 is 0 Å². The van der Waals surface area contributed by atoms with Crippen LogP contribution in [0.15, 0.2) is 41.7 Å². The number of likely N-dealkylation sites (N-methyl/N-ethyl adjacent to an activating group) is 1. The van der Waals surface area contributed by atoms with Gasteiger partial charge < -0.3 is 19.7 Å². The van der Waals surface area contributed by atoms with Crippen molar-refractivity contribution in [1.82, 2.24) is 25.3 Å². The van der Waals surface area contributed by atoms with Crippen LogP contribution in [0.25, 0.3) is 17.1 Å². The predicted molar refractivity (Wildman–Crippen MR) is 97.0 cm³/mol. The first-order valence-electron chi connectivity index (χ1n) is 8.57. The fourth-order valence-electron chi connectivity index (χ4n) is 3.10. The van der Waals surface area contributed by atoms with Crippen LogP contribution >= 0.6 is 0 Å². The van der Waals surface area contributed by atoms with Crippen LogP contribution in [-0.2, 0) is 14.3 Å². The molecule has 0 spiro atoms. The minimum atomic E-state index is -1.32. The van der Waals surface area contributed by atoms with Crippen LogP contribution in [0.1, 0.15) is 5.56 Å². The van der Waals surface area contributed by atoms with E-state index in [1.807, 2.05) is 18.1 Å². The average molecular weight is 369 g/mol. The summed E-state index contributed by atoms with van der Waals surface area (Å²) in [7, 11) is 2.02. The number of ketones is 1. The highest BCUT2D eigenvalue weighted by Crippen LogP contribution is 2.27. The van der Waals surface area contributed by atoms with Crippen LogP contribution in [0, 0.1) is 0 Å². The monoisotopic (exact) mass is 369 g/mol. The fraction of sp³-hybridized carbons (Fsp3) is 0.278. The number of carbonyl (C=O) groups is 2. The minimum Gasteiger partial charge on any atom is -0.477 e. The molecule has 0 unspecified atom stereocenters. The van der Waals surface area contributed by atoms with Crippen LogP contribution in [0.5, 0.6) is 0 Å². The van der Waals surface area contributed by atoms with Gasteiger partial charge in [0.05, 0.1) is 0 Å². The Morgan fingerprint density at radius 3 is 2.89 bits per heavy atom. The van der Waals surface area contributed by atoms with Crippen molar-refractivity contribution in [3.63, 3.8) is 0 Å². The molecular weight excluding hydrogens is 350 g/mol. The van der Waals surface area contributed by atoms with Crippen molar-refractivity contribution in [3.8, 4) is 0 Å². The number of carboxylic acids is 1. The second kappa shape index (κ2) is 6.86. The fourth-order valence-corrected chi connectivity index (χ4v) is 3.10. The average Bonchev–Trinajstić information content (AvgIpc) is 3.19. The molecule has 9 nitrogen and oxygen atoms in total. The van der Waals surface area contributed by atoms with E-state index in [-0.39, 0.29) is 11.6 Å². The lowest BCUT2D eigenvalue weighted by Gasteiger charge is -2.32. The lowest BCUT2D eigenvalue weighted by molar-refractivity contribution is -0.134. The number of hydrazine groups is 1. The zero-order valence-electron chi connectivity index (χ0n) is 14.7. The van der Waals surface area contributed by atoms with Gasteiger partial charge in [0, 0.05) is 49.5 Å². The molecule has 0 saturated carbocycles. The van der Waals surface area contributed by atoms with Gasteiger partial charge in [-0.05, 0) is 25.3 Å². The lowest BCUT2D eigenvalue weighted by Crippen LogP contribution is -2.50. The van der Waals surface area contributed by atoms with Crippen molar-refractivity contribution < 1.29 is 19.4 Å². The Morgan fingerprint density at radius 2 is 2.15 bits per heavy atom. The maximum atomic E-state index is 12.6. The zero-order chi connectivity index (χ0) is 19.0. The Kier molecular flexibility index (Phi) is 4.38. The third-order valence-corrected chi connectivity index (χ3v) is 4.64. The van der Waals surface area contributed by atoms with E-state index in [9.17, 15) is 14.7 Å². The number of allylic oxidation sites excluding steroid dienone is 1. The Labute approximate surface area is 154 Å². The summed E-state index contributed by atoms with van der Waals surface area (Å²) in [6, 6.07) is 3.65. The molecule has 1 fully saturated rings. The van der Waals surface area contributed by atoms with Crippen molar-refractivity contribution in [2.45, 2.75) is 0 Å². The Morgan fingerprint density at radius 1 is 1.37 bits per heavy atom. The number of Topliss-reactive ketones (excluding diaryl/α,β-unsaturated/α-hetero) is 1. The number of aromatic amines is 1.